The van der Waals surface area contributed by atoms with E-state index in [0.717, 1.165) is 0 Å². The molecule has 0 N–H and O–H groups in total. The zero-order valence-corrected chi connectivity index (χ0v) is 8.66. The molecule has 1 heteroatoms. The number of hydrogen-bond donors (Lipinski definition) is 0. The second kappa shape index (κ2) is 5.26. The Morgan fingerprint density at radius 3 is 2.42 bits per heavy atom. The SMILES string of the molecule is CC.c1ccc2c(c1)CCSC2. The van der Waals surface area contributed by atoms with Crippen molar-refractivity contribution >= 4 is 11.8 Å². The second-order valence-electron chi connectivity index (χ2n) is 2.57. The lowest BCUT2D eigenvalue weighted by atomic mass is 10.1. The number of rotatable bonds is 0. The fourth-order valence-corrected chi connectivity index (χ4v) is 2.32. The molecule has 0 saturated heterocycles. The van der Waals surface area contributed by atoms with Gasteiger partial charge in [-0.3, -0.25) is 0 Å². The van der Waals surface area contributed by atoms with Crippen LogP contribution < -0.4 is 0 Å². The standard InChI is InChI=1S/C9H10S.C2H6/c1-2-4-9-7-10-6-5-8(9)3-1;1-2/h1-4H,5-7H2;1-2H3. The fourth-order valence-electron chi connectivity index (χ4n) is 1.31. The number of aryl methyl sites for hydroxylation is 1. The van der Waals surface area contributed by atoms with E-state index in [0.29, 0.717) is 0 Å². The average Bonchev–Trinajstić information content (AvgIpc) is 2.21. The van der Waals surface area contributed by atoms with Crippen LogP contribution in [0.3, 0.4) is 0 Å². The molecule has 0 bridgehead atoms. The monoisotopic (exact) mass is 180 g/mol. The molecule has 1 aromatic rings. The summed E-state index contributed by atoms with van der Waals surface area (Å²) in [6.45, 7) is 4.00. The molecule has 0 atom stereocenters. The van der Waals surface area contributed by atoms with Gasteiger partial charge in [-0.05, 0) is 23.3 Å². The Morgan fingerprint density at radius 1 is 1.08 bits per heavy atom. The van der Waals surface area contributed by atoms with Crippen LogP contribution in [0.5, 0.6) is 0 Å². The van der Waals surface area contributed by atoms with Gasteiger partial charge in [0, 0.05) is 5.75 Å². The van der Waals surface area contributed by atoms with Crippen molar-refractivity contribution in [1.82, 2.24) is 0 Å². The van der Waals surface area contributed by atoms with Crippen LogP contribution in [0.25, 0.3) is 0 Å². The van der Waals surface area contributed by atoms with Gasteiger partial charge in [0.2, 0.25) is 0 Å². The molecule has 0 radical (unpaired) electrons. The summed E-state index contributed by atoms with van der Waals surface area (Å²) < 4.78 is 0. The van der Waals surface area contributed by atoms with Gasteiger partial charge in [-0.15, -0.1) is 0 Å². The molecule has 66 valence electrons. The first kappa shape index (κ1) is 9.66. The van der Waals surface area contributed by atoms with Crippen molar-refractivity contribution in [3.8, 4) is 0 Å². The molecule has 0 saturated carbocycles. The quantitative estimate of drug-likeness (QED) is 0.589. The largest absolute Gasteiger partial charge is 0.157 e. The van der Waals surface area contributed by atoms with E-state index in [1.54, 1.807) is 11.1 Å². The summed E-state index contributed by atoms with van der Waals surface area (Å²) >= 11 is 2.04. The predicted octanol–water partition coefficient (Wildman–Crippen LogP) is 3.50. The van der Waals surface area contributed by atoms with Crippen molar-refractivity contribution in [2.75, 3.05) is 5.75 Å². The van der Waals surface area contributed by atoms with Crippen molar-refractivity contribution in [3.63, 3.8) is 0 Å². The van der Waals surface area contributed by atoms with E-state index in [9.17, 15) is 0 Å². The zero-order valence-electron chi connectivity index (χ0n) is 7.84. The third-order valence-corrected chi connectivity index (χ3v) is 2.90. The molecule has 0 unspecified atom stereocenters. The van der Waals surface area contributed by atoms with Crippen molar-refractivity contribution in [1.29, 1.82) is 0 Å². The summed E-state index contributed by atoms with van der Waals surface area (Å²) in [6.07, 6.45) is 1.26. The number of fused-ring (bicyclic) bond motifs is 1. The second-order valence-corrected chi connectivity index (χ2v) is 3.68. The van der Waals surface area contributed by atoms with E-state index in [1.165, 1.54) is 17.9 Å². The van der Waals surface area contributed by atoms with E-state index in [1.807, 2.05) is 25.6 Å². The zero-order chi connectivity index (χ0) is 8.81. The van der Waals surface area contributed by atoms with Gasteiger partial charge < -0.3 is 0 Å². The van der Waals surface area contributed by atoms with Crippen LogP contribution in [0.4, 0.5) is 0 Å². The highest BCUT2D eigenvalue weighted by molar-refractivity contribution is 7.98. The van der Waals surface area contributed by atoms with E-state index in [4.69, 9.17) is 0 Å². The molecule has 0 aliphatic carbocycles. The first-order valence-electron chi connectivity index (χ1n) is 4.61. The first-order valence-corrected chi connectivity index (χ1v) is 5.77. The van der Waals surface area contributed by atoms with Gasteiger partial charge in [0.1, 0.15) is 0 Å². The van der Waals surface area contributed by atoms with Crippen molar-refractivity contribution in [2.24, 2.45) is 0 Å². The summed E-state index contributed by atoms with van der Waals surface area (Å²) in [5.41, 5.74) is 3.10. The molecule has 1 aliphatic rings. The van der Waals surface area contributed by atoms with Crippen molar-refractivity contribution in [3.05, 3.63) is 35.4 Å². The summed E-state index contributed by atoms with van der Waals surface area (Å²) in [5, 5.41) is 0. The number of hydrogen-bond acceptors (Lipinski definition) is 1. The minimum absolute atomic E-state index is 1.22. The van der Waals surface area contributed by atoms with Crippen molar-refractivity contribution in [2.45, 2.75) is 26.0 Å². The van der Waals surface area contributed by atoms with Gasteiger partial charge in [-0.1, -0.05) is 38.1 Å². The van der Waals surface area contributed by atoms with E-state index in [2.05, 4.69) is 24.3 Å². The Labute approximate surface area is 79.4 Å². The molecule has 0 aromatic heterocycles. The Balaban J connectivity index is 0.000000336. The lowest BCUT2D eigenvalue weighted by Gasteiger charge is -2.13. The maximum Gasteiger partial charge on any atom is 0.0187 e. The van der Waals surface area contributed by atoms with Crippen LogP contribution in [0.15, 0.2) is 24.3 Å². The van der Waals surface area contributed by atoms with Gasteiger partial charge in [-0.25, -0.2) is 0 Å². The van der Waals surface area contributed by atoms with Crippen molar-refractivity contribution < 1.29 is 0 Å². The molecular formula is C11H16S. The Morgan fingerprint density at radius 2 is 1.75 bits per heavy atom. The summed E-state index contributed by atoms with van der Waals surface area (Å²) in [7, 11) is 0. The lowest BCUT2D eigenvalue weighted by molar-refractivity contribution is 1.09. The van der Waals surface area contributed by atoms with Crippen LogP contribution in [-0.4, -0.2) is 5.75 Å². The summed E-state index contributed by atoms with van der Waals surface area (Å²) in [4.78, 5) is 0. The summed E-state index contributed by atoms with van der Waals surface area (Å²) in [5.74, 6) is 2.52. The number of thioether (sulfide) groups is 1. The Bertz CT molecular complexity index is 205. The third-order valence-electron chi connectivity index (χ3n) is 1.89. The van der Waals surface area contributed by atoms with Crippen LogP contribution in [0.1, 0.15) is 25.0 Å². The molecule has 1 heterocycles. The van der Waals surface area contributed by atoms with Crippen LogP contribution in [0.2, 0.25) is 0 Å². The molecule has 0 nitrogen and oxygen atoms in total. The van der Waals surface area contributed by atoms with Gasteiger partial charge in [0.25, 0.3) is 0 Å². The van der Waals surface area contributed by atoms with Crippen LogP contribution in [-0.2, 0) is 12.2 Å². The third kappa shape index (κ3) is 2.28. The van der Waals surface area contributed by atoms with Gasteiger partial charge in [-0.2, -0.15) is 11.8 Å². The minimum atomic E-state index is 1.22. The highest BCUT2D eigenvalue weighted by atomic mass is 32.2. The van der Waals surface area contributed by atoms with Crippen LogP contribution >= 0.6 is 11.8 Å². The molecule has 2 rings (SSSR count). The maximum absolute atomic E-state index is 2.25. The topological polar surface area (TPSA) is 0 Å². The van der Waals surface area contributed by atoms with E-state index >= 15 is 0 Å². The highest BCUT2D eigenvalue weighted by Gasteiger charge is 2.06. The van der Waals surface area contributed by atoms with Gasteiger partial charge >= 0.3 is 0 Å². The molecular weight excluding hydrogens is 164 g/mol. The highest BCUT2D eigenvalue weighted by Crippen LogP contribution is 2.23. The average molecular weight is 180 g/mol. The maximum atomic E-state index is 2.25. The fraction of sp³-hybridized carbons (Fsp3) is 0.455. The van der Waals surface area contributed by atoms with E-state index in [-0.39, 0.29) is 0 Å². The van der Waals surface area contributed by atoms with Gasteiger partial charge in [0.15, 0.2) is 0 Å². The molecule has 12 heavy (non-hydrogen) atoms. The predicted molar refractivity (Wildman–Crippen MR) is 57.7 cm³/mol. The minimum Gasteiger partial charge on any atom is -0.157 e. The lowest BCUT2D eigenvalue weighted by Crippen LogP contribution is -2.00. The number of benzene rings is 1. The summed E-state index contributed by atoms with van der Waals surface area (Å²) in [6, 6.07) is 8.75. The van der Waals surface area contributed by atoms with Crippen LogP contribution in [0, 0.1) is 0 Å². The molecule has 1 aliphatic heterocycles. The smallest absolute Gasteiger partial charge is 0.0187 e. The molecule has 1 aromatic carbocycles. The normalized spacial score (nSPS) is 14.2. The van der Waals surface area contributed by atoms with E-state index < -0.39 is 0 Å². The van der Waals surface area contributed by atoms with Gasteiger partial charge in [0.05, 0.1) is 0 Å². The Hall–Kier alpha value is -0.430. The first-order chi connectivity index (χ1) is 5.97. The molecule has 0 amide bonds. The Kier molecular flexibility index (Phi) is 4.23. The molecule has 0 fully saturated rings. The molecule has 0 spiro atoms.